The lowest BCUT2D eigenvalue weighted by Crippen LogP contribution is -1.94. The largest absolute Gasteiger partial charge is 0.265 e. The van der Waals surface area contributed by atoms with Crippen LogP contribution < -0.4 is 0 Å². The predicted molar refractivity (Wildman–Crippen MR) is 54.4 cm³/mol. The van der Waals surface area contributed by atoms with Gasteiger partial charge >= 0.3 is 0 Å². The van der Waals surface area contributed by atoms with Crippen molar-refractivity contribution in [3.05, 3.63) is 23.9 Å². The van der Waals surface area contributed by atoms with E-state index in [0.717, 1.165) is 6.42 Å². The molecule has 0 aromatic rings. The molecule has 0 N–H and O–H groups in total. The number of aliphatic imine (C=N–C) groups is 1. The normalized spacial score (nSPS) is 28.1. The van der Waals surface area contributed by atoms with Gasteiger partial charge in [-0.25, -0.2) is 0 Å². The molecule has 12 heavy (non-hydrogen) atoms. The summed E-state index contributed by atoms with van der Waals surface area (Å²) in [6, 6.07) is 0. The predicted octanol–water partition coefficient (Wildman–Crippen LogP) is 3.34. The molecule has 0 atom stereocenters. The first kappa shape index (κ1) is 9.24. The van der Waals surface area contributed by atoms with Crippen LogP contribution in [-0.2, 0) is 0 Å². The second-order valence-electron chi connectivity index (χ2n) is 3.45. The molecule has 1 aliphatic rings. The first-order valence-electron chi connectivity index (χ1n) is 4.69. The van der Waals surface area contributed by atoms with Gasteiger partial charge in [0.2, 0.25) is 0 Å². The average molecular weight is 163 g/mol. The number of nitrogens with zero attached hydrogens (tertiary/aromatic N) is 1. The van der Waals surface area contributed by atoms with Crippen LogP contribution >= 0.6 is 0 Å². The van der Waals surface area contributed by atoms with Crippen molar-refractivity contribution in [1.82, 2.24) is 0 Å². The summed E-state index contributed by atoms with van der Waals surface area (Å²) in [5.74, 6) is 0.597. The zero-order chi connectivity index (χ0) is 8.81. The third-order valence-corrected chi connectivity index (χ3v) is 2.04. The lowest BCUT2D eigenvalue weighted by molar-refractivity contribution is 0.788. The van der Waals surface area contributed by atoms with Crippen LogP contribution in [0.1, 0.15) is 33.1 Å². The smallest absolute Gasteiger partial charge is 0.0299 e. The van der Waals surface area contributed by atoms with Gasteiger partial charge in [-0.3, -0.25) is 4.99 Å². The Hall–Kier alpha value is -0.850. The highest BCUT2D eigenvalue weighted by atomic mass is 14.7. The SMILES string of the molecule is CC(C)C1=C/CCC/C=C/N=C\1. The van der Waals surface area contributed by atoms with Crippen molar-refractivity contribution in [2.45, 2.75) is 33.1 Å². The number of allylic oxidation sites excluding steroid dienone is 3. The van der Waals surface area contributed by atoms with Crippen LogP contribution in [0.4, 0.5) is 0 Å². The van der Waals surface area contributed by atoms with Crippen LogP contribution in [0.2, 0.25) is 0 Å². The fourth-order valence-electron chi connectivity index (χ4n) is 1.21. The van der Waals surface area contributed by atoms with Crippen molar-refractivity contribution in [2.75, 3.05) is 0 Å². The summed E-state index contributed by atoms with van der Waals surface area (Å²) < 4.78 is 0. The molecule has 1 aliphatic heterocycles. The Morgan fingerprint density at radius 1 is 1.33 bits per heavy atom. The number of rotatable bonds is 1. The van der Waals surface area contributed by atoms with Gasteiger partial charge in [0.05, 0.1) is 0 Å². The van der Waals surface area contributed by atoms with E-state index in [0.29, 0.717) is 5.92 Å². The molecule has 0 aromatic carbocycles. The molecule has 0 spiro atoms. The third-order valence-electron chi connectivity index (χ3n) is 2.04. The summed E-state index contributed by atoms with van der Waals surface area (Å²) in [4.78, 5) is 4.22. The van der Waals surface area contributed by atoms with Crippen molar-refractivity contribution < 1.29 is 0 Å². The van der Waals surface area contributed by atoms with E-state index in [4.69, 9.17) is 0 Å². The zero-order valence-corrected chi connectivity index (χ0v) is 7.96. The van der Waals surface area contributed by atoms with E-state index >= 15 is 0 Å². The summed E-state index contributed by atoms with van der Waals surface area (Å²) in [5, 5.41) is 0. The highest BCUT2D eigenvalue weighted by molar-refractivity contribution is 5.79. The third kappa shape index (κ3) is 3.04. The molecule has 0 radical (unpaired) electrons. The molecule has 0 aliphatic carbocycles. The fourth-order valence-corrected chi connectivity index (χ4v) is 1.21. The highest BCUT2D eigenvalue weighted by Gasteiger charge is 1.99. The Labute approximate surface area is 74.9 Å². The summed E-state index contributed by atoms with van der Waals surface area (Å²) in [7, 11) is 0. The van der Waals surface area contributed by atoms with Gasteiger partial charge in [0, 0.05) is 12.4 Å². The van der Waals surface area contributed by atoms with Crippen molar-refractivity contribution in [2.24, 2.45) is 10.9 Å². The van der Waals surface area contributed by atoms with Crippen LogP contribution in [0.5, 0.6) is 0 Å². The van der Waals surface area contributed by atoms with Gasteiger partial charge in [-0.1, -0.05) is 26.0 Å². The van der Waals surface area contributed by atoms with E-state index in [-0.39, 0.29) is 0 Å². The molecular formula is C11H17N. The first-order valence-corrected chi connectivity index (χ1v) is 4.69. The fraction of sp³-hybridized carbons (Fsp3) is 0.545. The summed E-state index contributed by atoms with van der Waals surface area (Å²) in [6.07, 6.45) is 11.9. The van der Waals surface area contributed by atoms with Crippen molar-refractivity contribution in [1.29, 1.82) is 0 Å². The minimum absolute atomic E-state index is 0.597. The molecule has 0 saturated heterocycles. The van der Waals surface area contributed by atoms with Gasteiger partial charge in [-0.05, 0) is 30.8 Å². The molecular weight excluding hydrogens is 146 g/mol. The summed E-state index contributed by atoms with van der Waals surface area (Å²) in [5.41, 5.74) is 1.36. The minimum atomic E-state index is 0.597. The second kappa shape index (κ2) is 4.91. The molecule has 0 fully saturated rings. The van der Waals surface area contributed by atoms with E-state index in [9.17, 15) is 0 Å². The molecule has 0 saturated carbocycles. The Bertz CT molecular complexity index is 209. The molecule has 1 nitrogen and oxygen atoms in total. The van der Waals surface area contributed by atoms with Crippen LogP contribution in [0.25, 0.3) is 0 Å². The Balaban J connectivity index is 2.68. The maximum absolute atomic E-state index is 4.22. The summed E-state index contributed by atoms with van der Waals surface area (Å²) >= 11 is 0. The van der Waals surface area contributed by atoms with Gasteiger partial charge in [0.25, 0.3) is 0 Å². The number of hydrogen-bond donors (Lipinski definition) is 0. The maximum Gasteiger partial charge on any atom is 0.0299 e. The molecule has 1 heteroatoms. The molecule has 1 rings (SSSR count). The van der Waals surface area contributed by atoms with Gasteiger partial charge in [0.15, 0.2) is 0 Å². The molecule has 0 amide bonds. The van der Waals surface area contributed by atoms with Gasteiger partial charge in [0.1, 0.15) is 0 Å². The second-order valence-corrected chi connectivity index (χ2v) is 3.45. The van der Waals surface area contributed by atoms with Crippen molar-refractivity contribution in [3.8, 4) is 0 Å². The van der Waals surface area contributed by atoms with E-state index in [1.54, 1.807) is 0 Å². The monoisotopic (exact) mass is 163 g/mol. The molecule has 0 aromatic heterocycles. The zero-order valence-electron chi connectivity index (χ0n) is 7.96. The molecule has 66 valence electrons. The van der Waals surface area contributed by atoms with Gasteiger partial charge < -0.3 is 0 Å². The van der Waals surface area contributed by atoms with Crippen LogP contribution in [0.3, 0.4) is 0 Å². The van der Waals surface area contributed by atoms with Crippen LogP contribution in [-0.4, -0.2) is 6.21 Å². The first-order chi connectivity index (χ1) is 5.80. The van der Waals surface area contributed by atoms with Gasteiger partial charge in [-0.15, -0.1) is 0 Å². The topological polar surface area (TPSA) is 12.4 Å². The van der Waals surface area contributed by atoms with Gasteiger partial charge in [-0.2, -0.15) is 0 Å². The van der Waals surface area contributed by atoms with E-state index < -0.39 is 0 Å². The Morgan fingerprint density at radius 3 is 2.92 bits per heavy atom. The van der Waals surface area contributed by atoms with Crippen molar-refractivity contribution >= 4 is 6.21 Å². The summed E-state index contributed by atoms with van der Waals surface area (Å²) in [6.45, 7) is 4.42. The molecule has 0 unspecified atom stereocenters. The quantitative estimate of drug-likeness (QED) is 0.562. The Morgan fingerprint density at radius 2 is 2.17 bits per heavy atom. The molecule has 1 heterocycles. The minimum Gasteiger partial charge on any atom is -0.265 e. The Kier molecular flexibility index (Phi) is 3.78. The average Bonchev–Trinajstić information content (AvgIpc) is 2.15. The van der Waals surface area contributed by atoms with Crippen molar-refractivity contribution in [3.63, 3.8) is 0 Å². The number of hydrogen-bond acceptors (Lipinski definition) is 1. The lowest BCUT2D eigenvalue weighted by Gasteiger charge is -2.04. The van der Waals surface area contributed by atoms with Crippen LogP contribution in [0.15, 0.2) is 28.9 Å². The lowest BCUT2D eigenvalue weighted by atomic mass is 10.0. The van der Waals surface area contributed by atoms with E-state index in [1.807, 2.05) is 12.4 Å². The highest BCUT2D eigenvalue weighted by Crippen LogP contribution is 2.11. The molecule has 0 bridgehead atoms. The van der Waals surface area contributed by atoms with E-state index in [2.05, 4.69) is 31.0 Å². The standard InChI is InChI=1S/C11H17N/c1-10(2)11-7-5-3-4-6-8-12-9-11/h6-10H,3-5H2,1-2H3/b8-6+,11-7+,12-9-. The maximum atomic E-state index is 4.22. The van der Waals surface area contributed by atoms with E-state index in [1.165, 1.54) is 18.4 Å². The van der Waals surface area contributed by atoms with Crippen LogP contribution in [0, 0.1) is 5.92 Å².